The molecule has 2 nitrogen and oxygen atoms in total. The number of aryl methyl sites for hydroxylation is 1. The molecule has 0 aromatic carbocycles. The van der Waals surface area contributed by atoms with Crippen molar-refractivity contribution in [3.05, 3.63) is 21.9 Å². The molecule has 82 valence electrons. The van der Waals surface area contributed by atoms with Crippen LogP contribution in [0.1, 0.15) is 23.8 Å². The number of ketones is 1. The van der Waals surface area contributed by atoms with Crippen molar-refractivity contribution < 1.29 is 4.79 Å². The molecule has 0 N–H and O–H groups in total. The van der Waals surface area contributed by atoms with E-state index in [4.69, 9.17) is 0 Å². The summed E-state index contributed by atoms with van der Waals surface area (Å²) in [6.45, 7) is 7.07. The fraction of sp³-hybridized carbons (Fsp3) is 0.583. The second kappa shape index (κ2) is 4.45. The van der Waals surface area contributed by atoms with Gasteiger partial charge in [-0.3, -0.25) is 9.69 Å². The molecular weight excluding hydrogens is 206 g/mol. The van der Waals surface area contributed by atoms with Crippen molar-refractivity contribution >= 4 is 17.1 Å². The molecule has 1 fully saturated rings. The summed E-state index contributed by atoms with van der Waals surface area (Å²) < 4.78 is 0. The first-order valence-electron chi connectivity index (χ1n) is 5.45. The predicted molar refractivity (Wildman–Crippen MR) is 63.1 cm³/mol. The molecule has 2 heterocycles. The molecule has 1 aromatic rings. The van der Waals surface area contributed by atoms with Crippen molar-refractivity contribution in [2.75, 3.05) is 13.1 Å². The fourth-order valence-corrected chi connectivity index (χ4v) is 2.96. The maximum absolute atomic E-state index is 11.4. The van der Waals surface area contributed by atoms with E-state index in [0.717, 1.165) is 26.1 Å². The fourth-order valence-electron chi connectivity index (χ4n) is 2.01. The van der Waals surface area contributed by atoms with Gasteiger partial charge >= 0.3 is 0 Å². The van der Waals surface area contributed by atoms with Crippen LogP contribution in [-0.4, -0.2) is 23.8 Å². The molecule has 1 atom stereocenters. The molecule has 1 unspecified atom stereocenters. The number of carbonyl (C=O) groups is 1. The number of hydrogen-bond donors (Lipinski definition) is 0. The highest BCUT2D eigenvalue weighted by Crippen LogP contribution is 2.21. The quantitative estimate of drug-likeness (QED) is 0.767. The van der Waals surface area contributed by atoms with Gasteiger partial charge < -0.3 is 0 Å². The Labute approximate surface area is 94.9 Å². The van der Waals surface area contributed by atoms with E-state index < -0.39 is 0 Å². The van der Waals surface area contributed by atoms with Crippen molar-refractivity contribution in [2.24, 2.45) is 5.92 Å². The topological polar surface area (TPSA) is 20.3 Å². The molecule has 0 spiro atoms. The van der Waals surface area contributed by atoms with E-state index in [1.165, 1.54) is 10.4 Å². The van der Waals surface area contributed by atoms with Crippen molar-refractivity contribution in [2.45, 2.75) is 26.8 Å². The van der Waals surface area contributed by atoms with E-state index in [-0.39, 0.29) is 5.92 Å². The summed E-state index contributed by atoms with van der Waals surface area (Å²) in [5.41, 5.74) is 1.38. The number of rotatable bonds is 2. The lowest BCUT2D eigenvalue weighted by Crippen LogP contribution is -2.38. The minimum absolute atomic E-state index is 0.221. The lowest BCUT2D eigenvalue weighted by Gasteiger charge is -2.29. The molecule has 2 rings (SSSR count). The van der Waals surface area contributed by atoms with Crippen LogP contribution in [-0.2, 0) is 11.3 Å². The highest BCUT2D eigenvalue weighted by molar-refractivity contribution is 7.10. The zero-order chi connectivity index (χ0) is 10.8. The van der Waals surface area contributed by atoms with Crippen molar-refractivity contribution in [3.63, 3.8) is 0 Å². The van der Waals surface area contributed by atoms with Gasteiger partial charge in [0.05, 0.1) is 0 Å². The summed E-state index contributed by atoms with van der Waals surface area (Å²) in [6.07, 6.45) is 0.728. The maximum atomic E-state index is 11.4. The molecule has 0 saturated carbocycles. The van der Waals surface area contributed by atoms with Crippen LogP contribution < -0.4 is 0 Å². The molecule has 15 heavy (non-hydrogen) atoms. The van der Waals surface area contributed by atoms with E-state index in [2.05, 4.69) is 23.3 Å². The number of likely N-dealkylation sites (tertiary alicyclic amines) is 1. The Morgan fingerprint density at radius 3 is 3.00 bits per heavy atom. The second-order valence-electron chi connectivity index (χ2n) is 4.38. The van der Waals surface area contributed by atoms with Gasteiger partial charge in [-0.25, -0.2) is 0 Å². The Balaban J connectivity index is 1.96. The smallest absolute Gasteiger partial charge is 0.138 e. The van der Waals surface area contributed by atoms with Crippen LogP contribution in [0.3, 0.4) is 0 Å². The number of Topliss-reactive ketones (excluding diaryl/α,β-unsaturated/α-hetero) is 1. The first-order chi connectivity index (χ1) is 7.16. The predicted octanol–water partition coefficient (Wildman–Crippen LogP) is 2.47. The molecule has 0 amide bonds. The summed E-state index contributed by atoms with van der Waals surface area (Å²) in [5, 5.41) is 2.14. The van der Waals surface area contributed by atoms with Gasteiger partial charge in [0.15, 0.2) is 0 Å². The summed E-state index contributed by atoms with van der Waals surface area (Å²) >= 11 is 1.82. The average Bonchev–Trinajstić information content (AvgIpc) is 2.59. The van der Waals surface area contributed by atoms with Crippen LogP contribution in [0, 0.1) is 12.8 Å². The SMILES string of the molecule is Cc1ccsc1CN1CCC(=O)C(C)C1. The minimum atomic E-state index is 0.221. The number of piperidine rings is 1. The van der Waals surface area contributed by atoms with Crippen LogP contribution >= 0.6 is 11.3 Å². The van der Waals surface area contributed by atoms with Gasteiger partial charge in [0, 0.05) is 36.9 Å². The highest BCUT2D eigenvalue weighted by Gasteiger charge is 2.23. The van der Waals surface area contributed by atoms with E-state index in [1.807, 2.05) is 18.3 Å². The molecule has 3 heteroatoms. The van der Waals surface area contributed by atoms with Gasteiger partial charge in [-0.1, -0.05) is 6.92 Å². The maximum Gasteiger partial charge on any atom is 0.138 e. The Morgan fingerprint density at radius 2 is 2.40 bits per heavy atom. The molecule has 0 bridgehead atoms. The Hall–Kier alpha value is -0.670. The van der Waals surface area contributed by atoms with Crippen molar-refractivity contribution in [1.82, 2.24) is 4.90 Å². The zero-order valence-electron chi connectivity index (χ0n) is 9.32. The molecular formula is C12H17NOS. The number of carbonyl (C=O) groups excluding carboxylic acids is 1. The number of hydrogen-bond acceptors (Lipinski definition) is 3. The normalized spacial score (nSPS) is 23.3. The lowest BCUT2D eigenvalue weighted by molar-refractivity contribution is -0.125. The number of nitrogens with zero attached hydrogens (tertiary/aromatic N) is 1. The van der Waals surface area contributed by atoms with Crippen LogP contribution in [0.15, 0.2) is 11.4 Å². The van der Waals surface area contributed by atoms with Crippen LogP contribution in [0.5, 0.6) is 0 Å². The largest absolute Gasteiger partial charge is 0.299 e. The second-order valence-corrected chi connectivity index (χ2v) is 5.38. The van der Waals surface area contributed by atoms with Crippen molar-refractivity contribution in [3.8, 4) is 0 Å². The van der Waals surface area contributed by atoms with Gasteiger partial charge in [-0.15, -0.1) is 11.3 Å². The first kappa shape index (κ1) is 10.8. The molecule has 1 aliphatic heterocycles. The van der Waals surface area contributed by atoms with Gasteiger partial charge in [-0.05, 0) is 23.9 Å². The number of thiophene rings is 1. The van der Waals surface area contributed by atoms with E-state index in [0.29, 0.717) is 5.78 Å². The third-order valence-electron chi connectivity index (χ3n) is 3.09. The Morgan fingerprint density at radius 1 is 1.60 bits per heavy atom. The Bertz CT molecular complexity index is 358. The minimum Gasteiger partial charge on any atom is -0.299 e. The molecule has 1 aromatic heterocycles. The lowest BCUT2D eigenvalue weighted by atomic mass is 9.98. The van der Waals surface area contributed by atoms with Gasteiger partial charge in [0.1, 0.15) is 5.78 Å². The monoisotopic (exact) mass is 223 g/mol. The van der Waals surface area contributed by atoms with E-state index in [1.54, 1.807) is 0 Å². The molecule has 1 aliphatic rings. The van der Waals surface area contributed by atoms with E-state index in [9.17, 15) is 4.79 Å². The highest BCUT2D eigenvalue weighted by atomic mass is 32.1. The molecule has 1 saturated heterocycles. The van der Waals surface area contributed by atoms with Crippen LogP contribution in [0.25, 0.3) is 0 Å². The molecule has 0 aliphatic carbocycles. The van der Waals surface area contributed by atoms with Gasteiger partial charge in [0.25, 0.3) is 0 Å². The average molecular weight is 223 g/mol. The summed E-state index contributed by atoms with van der Waals surface area (Å²) in [4.78, 5) is 15.2. The van der Waals surface area contributed by atoms with Crippen LogP contribution in [0.4, 0.5) is 0 Å². The Kier molecular flexibility index (Phi) is 3.22. The zero-order valence-corrected chi connectivity index (χ0v) is 10.1. The van der Waals surface area contributed by atoms with E-state index >= 15 is 0 Å². The summed E-state index contributed by atoms with van der Waals surface area (Å²) in [7, 11) is 0. The van der Waals surface area contributed by atoms with Crippen LogP contribution in [0.2, 0.25) is 0 Å². The van der Waals surface area contributed by atoms with Gasteiger partial charge in [-0.2, -0.15) is 0 Å². The van der Waals surface area contributed by atoms with Gasteiger partial charge in [0.2, 0.25) is 0 Å². The standard InChI is InChI=1S/C12H17NOS/c1-9-4-6-15-12(9)8-13-5-3-11(14)10(2)7-13/h4,6,10H,3,5,7-8H2,1-2H3. The molecule has 0 radical (unpaired) electrons. The summed E-state index contributed by atoms with van der Waals surface area (Å²) in [6, 6.07) is 2.17. The first-order valence-corrected chi connectivity index (χ1v) is 6.33. The third kappa shape index (κ3) is 2.47. The van der Waals surface area contributed by atoms with Crippen molar-refractivity contribution in [1.29, 1.82) is 0 Å². The summed E-state index contributed by atoms with van der Waals surface area (Å²) in [5.74, 6) is 0.646. The third-order valence-corrected chi connectivity index (χ3v) is 4.10.